The quantitative estimate of drug-likeness (QED) is 0.626. The van der Waals surface area contributed by atoms with Crippen molar-refractivity contribution in [3.8, 4) is 0 Å². The summed E-state index contributed by atoms with van der Waals surface area (Å²) >= 11 is 3.14. The molecule has 0 amide bonds. The van der Waals surface area contributed by atoms with E-state index in [0.29, 0.717) is 11.1 Å². The second-order valence-corrected chi connectivity index (χ2v) is 2.85. The molecule has 0 saturated heterocycles. The van der Waals surface area contributed by atoms with Crippen LogP contribution in [0.4, 0.5) is 0 Å². The number of carbonyl (C=O) groups excluding carboxylic acids is 1. The van der Waals surface area contributed by atoms with E-state index >= 15 is 0 Å². The Kier molecular flexibility index (Phi) is 5.06. The van der Waals surface area contributed by atoms with Gasteiger partial charge in [0.2, 0.25) is 0 Å². The summed E-state index contributed by atoms with van der Waals surface area (Å²) in [6.45, 7) is 4.07. The molecule has 1 atom stereocenters. The Bertz CT molecular complexity index is 90.9. The first kappa shape index (κ1) is 9.15. The molecule has 1 nitrogen and oxygen atoms in total. The van der Waals surface area contributed by atoms with E-state index in [1.165, 1.54) is 0 Å². The molecule has 0 aliphatic rings. The van der Waals surface area contributed by atoms with Gasteiger partial charge in [-0.1, -0.05) is 36.2 Å². The third-order valence-corrected chi connectivity index (χ3v) is 1.96. The van der Waals surface area contributed by atoms with Gasteiger partial charge in [0.15, 0.2) is 0 Å². The number of hydrogen-bond acceptors (Lipinski definition) is 1. The van der Waals surface area contributed by atoms with Crippen LogP contribution in [0, 0.1) is 5.92 Å². The Labute approximate surface area is 65.0 Å². The third-order valence-electron chi connectivity index (χ3n) is 1.40. The van der Waals surface area contributed by atoms with Crippen LogP contribution in [0.2, 0.25) is 0 Å². The number of Topliss-reactive ketones (excluding diaryl/α,β-unsaturated/α-hetero) is 1. The zero-order valence-electron chi connectivity index (χ0n) is 5.98. The summed E-state index contributed by atoms with van der Waals surface area (Å²) in [4.78, 5) is 10.9. The molecule has 0 saturated carbocycles. The zero-order chi connectivity index (χ0) is 7.28. The normalized spacial score (nSPS) is 13.2. The highest BCUT2D eigenvalue weighted by atomic mass is 79.9. The van der Waals surface area contributed by atoms with Crippen molar-refractivity contribution < 1.29 is 4.79 Å². The summed E-state index contributed by atoms with van der Waals surface area (Å²) in [6, 6.07) is 0. The fraction of sp³-hybridized carbons (Fsp3) is 0.857. The van der Waals surface area contributed by atoms with Crippen LogP contribution in [-0.4, -0.2) is 11.1 Å². The molecule has 0 aromatic rings. The topological polar surface area (TPSA) is 17.1 Å². The SMILES string of the molecule is CCCC(C)C(=O)CBr. The monoisotopic (exact) mass is 192 g/mol. The van der Waals surface area contributed by atoms with Gasteiger partial charge in [0.25, 0.3) is 0 Å². The first-order chi connectivity index (χ1) is 4.22. The maximum absolute atomic E-state index is 10.9. The van der Waals surface area contributed by atoms with E-state index in [1.807, 2.05) is 6.92 Å². The highest BCUT2D eigenvalue weighted by molar-refractivity contribution is 9.09. The minimum atomic E-state index is 0.245. The molecule has 2 heteroatoms. The Balaban J connectivity index is 3.45. The highest BCUT2D eigenvalue weighted by Crippen LogP contribution is 2.07. The van der Waals surface area contributed by atoms with Crippen molar-refractivity contribution in [1.29, 1.82) is 0 Å². The molecule has 0 spiro atoms. The first-order valence-electron chi connectivity index (χ1n) is 3.31. The molecule has 0 aromatic heterocycles. The van der Waals surface area contributed by atoms with Crippen LogP contribution in [0.3, 0.4) is 0 Å². The van der Waals surface area contributed by atoms with Crippen molar-refractivity contribution in [3.05, 3.63) is 0 Å². The lowest BCUT2D eigenvalue weighted by molar-refractivity contribution is -0.119. The lowest BCUT2D eigenvalue weighted by Gasteiger charge is -2.04. The van der Waals surface area contributed by atoms with Crippen LogP contribution in [0.5, 0.6) is 0 Å². The van der Waals surface area contributed by atoms with Gasteiger partial charge in [-0.15, -0.1) is 0 Å². The Morgan fingerprint density at radius 3 is 2.56 bits per heavy atom. The largest absolute Gasteiger partial charge is 0.298 e. The minimum Gasteiger partial charge on any atom is -0.298 e. The summed E-state index contributed by atoms with van der Waals surface area (Å²) in [5.74, 6) is 0.561. The average molecular weight is 193 g/mol. The maximum Gasteiger partial charge on any atom is 0.146 e. The van der Waals surface area contributed by atoms with Gasteiger partial charge in [-0.05, 0) is 6.42 Å². The average Bonchev–Trinajstić information content (AvgIpc) is 1.87. The molecule has 0 aliphatic heterocycles. The molecule has 0 heterocycles. The molecular weight excluding hydrogens is 180 g/mol. The van der Waals surface area contributed by atoms with Crippen molar-refractivity contribution in [2.45, 2.75) is 26.7 Å². The number of ketones is 1. The highest BCUT2D eigenvalue weighted by Gasteiger charge is 2.08. The standard InChI is InChI=1S/C7H13BrO/c1-3-4-6(2)7(9)5-8/h6H,3-5H2,1-2H3. The van der Waals surface area contributed by atoms with E-state index in [2.05, 4.69) is 22.9 Å². The van der Waals surface area contributed by atoms with Gasteiger partial charge >= 0.3 is 0 Å². The lowest BCUT2D eigenvalue weighted by Crippen LogP contribution is -2.11. The lowest BCUT2D eigenvalue weighted by atomic mass is 10.0. The molecule has 0 rings (SSSR count). The number of alkyl halides is 1. The Morgan fingerprint density at radius 1 is 1.67 bits per heavy atom. The van der Waals surface area contributed by atoms with Crippen LogP contribution in [-0.2, 0) is 4.79 Å². The predicted octanol–water partition coefficient (Wildman–Crippen LogP) is 2.39. The van der Waals surface area contributed by atoms with E-state index in [4.69, 9.17) is 0 Å². The predicted molar refractivity (Wildman–Crippen MR) is 42.9 cm³/mol. The van der Waals surface area contributed by atoms with Gasteiger partial charge in [0.1, 0.15) is 5.78 Å². The molecule has 9 heavy (non-hydrogen) atoms. The van der Waals surface area contributed by atoms with Gasteiger partial charge < -0.3 is 0 Å². The van der Waals surface area contributed by atoms with Gasteiger partial charge in [-0.2, -0.15) is 0 Å². The first-order valence-corrected chi connectivity index (χ1v) is 4.43. The van der Waals surface area contributed by atoms with E-state index < -0.39 is 0 Å². The molecule has 1 unspecified atom stereocenters. The fourth-order valence-corrected chi connectivity index (χ4v) is 1.28. The number of carbonyl (C=O) groups is 1. The third kappa shape index (κ3) is 3.68. The molecule has 0 N–H and O–H groups in total. The second kappa shape index (κ2) is 4.98. The van der Waals surface area contributed by atoms with Crippen LogP contribution < -0.4 is 0 Å². The summed E-state index contributed by atoms with van der Waals surface area (Å²) in [5.41, 5.74) is 0. The number of hydrogen-bond donors (Lipinski definition) is 0. The van der Waals surface area contributed by atoms with E-state index in [0.717, 1.165) is 12.8 Å². The van der Waals surface area contributed by atoms with Crippen LogP contribution in [0.15, 0.2) is 0 Å². The molecule has 0 bridgehead atoms. The van der Waals surface area contributed by atoms with Crippen molar-refractivity contribution >= 4 is 21.7 Å². The van der Waals surface area contributed by atoms with Crippen LogP contribution in [0.25, 0.3) is 0 Å². The van der Waals surface area contributed by atoms with E-state index in [-0.39, 0.29) is 5.92 Å². The summed E-state index contributed by atoms with van der Waals surface area (Å²) < 4.78 is 0. The fourth-order valence-electron chi connectivity index (χ4n) is 0.726. The molecule has 0 radical (unpaired) electrons. The molecular formula is C7H13BrO. The van der Waals surface area contributed by atoms with Crippen LogP contribution in [0.1, 0.15) is 26.7 Å². The summed E-state index contributed by atoms with van der Waals surface area (Å²) in [7, 11) is 0. The van der Waals surface area contributed by atoms with Crippen molar-refractivity contribution in [2.75, 3.05) is 5.33 Å². The Hall–Kier alpha value is 0.150. The molecule has 54 valence electrons. The molecule has 0 aliphatic carbocycles. The van der Waals surface area contributed by atoms with E-state index in [9.17, 15) is 4.79 Å². The van der Waals surface area contributed by atoms with E-state index in [1.54, 1.807) is 0 Å². The van der Waals surface area contributed by atoms with Crippen molar-refractivity contribution in [1.82, 2.24) is 0 Å². The zero-order valence-corrected chi connectivity index (χ0v) is 7.57. The van der Waals surface area contributed by atoms with Gasteiger partial charge in [0, 0.05) is 5.92 Å². The molecule has 0 aromatic carbocycles. The maximum atomic E-state index is 10.9. The second-order valence-electron chi connectivity index (χ2n) is 2.29. The van der Waals surface area contributed by atoms with Gasteiger partial charge in [-0.25, -0.2) is 0 Å². The van der Waals surface area contributed by atoms with Gasteiger partial charge in [-0.3, -0.25) is 4.79 Å². The smallest absolute Gasteiger partial charge is 0.146 e. The van der Waals surface area contributed by atoms with Crippen molar-refractivity contribution in [3.63, 3.8) is 0 Å². The minimum absolute atomic E-state index is 0.245. The van der Waals surface area contributed by atoms with Crippen LogP contribution >= 0.6 is 15.9 Å². The summed E-state index contributed by atoms with van der Waals surface area (Å²) in [5, 5.41) is 0.508. The number of rotatable bonds is 4. The Morgan fingerprint density at radius 2 is 2.22 bits per heavy atom. The number of halogens is 1. The molecule has 0 fully saturated rings. The van der Waals surface area contributed by atoms with Gasteiger partial charge in [0.05, 0.1) is 5.33 Å². The van der Waals surface area contributed by atoms with Crippen molar-refractivity contribution in [2.24, 2.45) is 5.92 Å². The summed E-state index contributed by atoms with van der Waals surface area (Å²) in [6.07, 6.45) is 2.12.